The van der Waals surface area contributed by atoms with E-state index in [4.69, 9.17) is 0 Å². The van der Waals surface area contributed by atoms with Crippen molar-refractivity contribution in [2.45, 2.75) is 25.7 Å². The molecule has 0 amide bonds. The highest BCUT2D eigenvalue weighted by Gasteiger charge is 2.37. The molecule has 2 rings (SSSR count). The second-order valence-corrected chi connectivity index (χ2v) is 4.50. The minimum absolute atomic E-state index is 0.146. The normalized spacial score (nSPS) is 16.2. The Kier molecular flexibility index (Phi) is 3.55. The Hall–Kier alpha value is -1.97. The maximum Gasteiger partial charge on any atom is 0.151 e. The van der Waals surface area contributed by atoms with Gasteiger partial charge in [-0.25, -0.2) is 0 Å². The average molecular weight is 246 g/mol. The van der Waals surface area contributed by atoms with Crippen molar-refractivity contribution in [3.05, 3.63) is 29.8 Å². The topological polar surface area (TPSA) is 71.4 Å². The molecule has 94 valence electrons. The van der Waals surface area contributed by atoms with Crippen molar-refractivity contribution in [1.82, 2.24) is 0 Å². The van der Waals surface area contributed by atoms with Crippen molar-refractivity contribution >= 4 is 17.3 Å². The number of hydrogen-bond donors (Lipinski definition) is 1. The summed E-state index contributed by atoms with van der Waals surface area (Å²) in [7, 11) is 0. The standard InChI is InChI=1S/C14H14O4/c15-10-3-1-2-9(8-10)4-5-11(16)14-12(17)6-7-13(14)18/h1-3,8,14-15H,4-7H2. The first-order chi connectivity index (χ1) is 8.58. The molecular formula is C14H14O4. The number of phenols is 1. The van der Waals surface area contributed by atoms with Gasteiger partial charge in [0.25, 0.3) is 0 Å². The first-order valence-corrected chi connectivity index (χ1v) is 5.94. The summed E-state index contributed by atoms with van der Waals surface area (Å²) in [6.45, 7) is 0. The predicted octanol–water partition coefficient (Wildman–Crippen LogP) is 1.44. The van der Waals surface area contributed by atoms with E-state index in [0.717, 1.165) is 5.56 Å². The molecule has 0 aromatic heterocycles. The Morgan fingerprint density at radius 2 is 1.89 bits per heavy atom. The number of hydrogen-bond acceptors (Lipinski definition) is 4. The number of aryl methyl sites for hydroxylation is 1. The molecule has 1 N–H and O–H groups in total. The van der Waals surface area contributed by atoms with Crippen molar-refractivity contribution in [2.75, 3.05) is 0 Å². The SMILES string of the molecule is O=C1CCC(=O)C1C(=O)CCc1cccc(O)c1. The average Bonchev–Trinajstić information content (AvgIpc) is 2.66. The molecule has 1 aromatic carbocycles. The molecule has 0 spiro atoms. The van der Waals surface area contributed by atoms with Crippen LogP contribution in [0.3, 0.4) is 0 Å². The highest BCUT2D eigenvalue weighted by atomic mass is 16.3. The molecule has 0 atom stereocenters. The lowest BCUT2D eigenvalue weighted by molar-refractivity contribution is -0.136. The monoisotopic (exact) mass is 246 g/mol. The van der Waals surface area contributed by atoms with Gasteiger partial charge < -0.3 is 5.11 Å². The van der Waals surface area contributed by atoms with E-state index in [0.29, 0.717) is 6.42 Å². The number of ketones is 3. The van der Waals surface area contributed by atoms with Crippen LogP contribution >= 0.6 is 0 Å². The summed E-state index contributed by atoms with van der Waals surface area (Å²) in [4.78, 5) is 34.6. The maximum atomic E-state index is 11.8. The fraction of sp³-hybridized carbons (Fsp3) is 0.357. The van der Waals surface area contributed by atoms with E-state index in [-0.39, 0.29) is 42.4 Å². The molecule has 0 aliphatic heterocycles. The molecular weight excluding hydrogens is 232 g/mol. The summed E-state index contributed by atoms with van der Waals surface area (Å²) in [5.41, 5.74) is 0.821. The quantitative estimate of drug-likeness (QED) is 0.816. The largest absolute Gasteiger partial charge is 0.508 e. The molecule has 1 aromatic rings. The van der Waals surface area contributed by atoms with Gasteiger partial charge in [0.1, 0.15) is 11.7 Å². The van der Waals surface area contributed by atoms with Gasteiger partial charge in [0.15, 0.2) is 17.3 Å². The summed E-state index contributed by atoms with van der Waals surface area (Å²) in [6, 6.07) is 6.62. The van der Waals surface area contributed by atoms with Crippen LogP contribution in [0.4, 0.5) is 0 Å². The second kappa shape index (κ2) is 5.12. The summed E-state index contributed by atoms with van der Waals surface area (Å²) < 4.78 is 0. The number of aromatic hydroxyl groups is 1. The maximum absolute atomic E-state index is 11.8. The molecule has 1 aliphatic rings. The number of rotatable bonds is 4. The van der Waals surface area contributed by atoms with Gasteiger partial charge in [0.2, 0.25) is 0 Å². The van der Waals surface area contributed by atoms with E-state index in [1.807, 2.05) is 0 Å². The minimum Gasteiger partial charge on any atom is -0.508 e. The van der Waals surface area contributed by atoms with Crippen LogP contribution in [0.15, 0.2) is 24.3 Å². The highest BCUT2D eigenvalue weighted by Crippen LogP contribution is 2.21. The fourth-order valence-corrected chi connectivity index (χ4v) is 2.20. The second-order valence-electron chi connectivity index (χ2n) is 4.50. The first kappa shape index (κ1) is 12.5. The number of phenolic OH excluding ortho intramolecular Hbond substituents is 1. The molecule has 4 nitrogen and oxygen atoms in total. The van der Waals surface area contributed by atoms with Crippen molar-refractivity contribution < 1.29 is 19.5 Å². The fourth-order valence-electron chi connectivity index (χ4n) is 2.20. The van der Waals surface area contributed by atoms with Crippen LogP contribution in [0.25, 0.3) is 0 Å². The third kappa shape index (κ3) is 2.64. The number of benzene rings is 1. The van der Waals surface area contributed by atoms with Crippen LogP contribution < -0.4 is 0 Å². The lowest BCUT2D eigenvalue weighted by Crippen LogP contribution is -2.25. The van der Waals surface area contributed by atoms with Crippen LogP contribution in [0, 0.1) is 5.92 Å². The van der Waals surface area contributed by atoms with Crippen molar-refractivity contribution in [3.63, 3.8) is 0 Å². The van der Waals surface area contributed by atoms with Crippen LogP contribution in [-0.2, 0) is 20.8 Å². The van der Waals surface area contributed by atoms with Crippen LogP contribution in [-0.4, -0.2) is 22.5 Å². The summed E-state index contributed by atoms with van der Waals surface area (Å²) in [5, 5.41) is 9.28. The Morgan fingerprint density at radius 1 is 1.22 bits per heavy atom. The number of carbonyl (C=O) groups is 3. The van der Waals surface area contributed by atoms with Crippen molar-refractivity contribution in [3.8, 4) is 5.75 Å². The van der Waals surface area contributed by atoms with Crippen LogP contribution in [0.5, 0.6) is 5.75 Å². The van der Waals surface area contributed by atoms with Gasteiger partial charge >= 0.3 is 0 Å². The van der Waals surface area contributed by atoms with Crippen LogP contribution in [0.2, 0.25) is 0 Å². The Bertz CT molecular complexity index is 488. The number of carbonyl (C=O) groups excluding carboxylic acids is 3. The van der Waals surface area contributed by atoms with Crippen molar-refractivity contribution in [2.24, 2.45) is 5.92 Å². The lowest BCUT2D eigenvalue weighted by atomic mass is 9.95. The molecule has 4 heteroatoms. The third-order valence-corrected chi connectivity index (χ3v) is 3.15. The molecule has 0 heterocycles. The molecule has 1 aliphatic carbocycles. The van der Waals surface area contributed by atoms with Gasteiger partial charge in [-0.15, -0.1) is 0 Å². The summed E-state index contributed by atoms with van der Waals surface area (Å²) in [5.74, 6) is -1.68. The minimum atomic E-state index is -1.03. The van der Waals surface area contributed by atoms with E-state index in [1.165, 1.54) is 0 Å². The summed E-state index contributed by atoms with van der Waals surface area (Å²) >= 11 is 0. The Labute approximate surface area is 105 Å². The molecule has 0 radical (unpaired) electrons. The van der Waals surface area contributed by atoms with E-state index in [2.05, 4.69) is 0 Å². The van der Waals surface area contributed by atoms with Gasteiger partial charge in [-0.05, 0) is 24.1 Å². The zero-order valence-corrected chi connectivity index (χ0v) is 9.89. The van der Waals surface area contributed by atoms with Gasteiger partial charge in [-0.2, -0.15) is 0 Å². The Balaban J connectivity index is 1.96. The van der Waals surface area contributed by atoms with E-state index in [9.17, 15) is 19.5 Å². The molecule has 0 saturated heterocycles. The molecule has 1 fully saturated rings. The van der Waals surface area contributed by atoms with E-state index >= 15 is 0 Å². The molecule has 18 heavy (non-hydrogen) atoms. The smallest absolute Gasteiger partial charge is 0.151 e. The lowest BCUT2D eigenvalue weighted by Gasteiger charge is -2.06. The first-order valence-electron chi connectivity index (χ1n) is 5.94. The van der Waals surface area contributed by atoms with Crippen LogP contribution in [0.1, 0.15) is 24.8 Å². The molecule has 0 unspecified atom stereocenters. The van der Waals surface area contributed by atoms with Gasteiger partial charge in [-0.1, -0.05) is 12.1 Å². The van der Waals surface area contributed by atoms with E-state index in [1.54, 1.807) is 24.3 Å². The predicted molar refractivity (Wildman–Crippen MR) is 64.2 cm³/mol. The highest BCUT2D eigenvalue weighted by molar-refractivity contribution is 6.23. The van der Waals surface area contributed by atoms with Crippen molar-refractivity contribution in [1.29, 1.82) is 0 Å². The zero-order valence-electron chi connectivity index (χ0n) is 9.89. The summed E-state index contributed by atoms with van der Waals surface area (Å²) in [6.07, 6.45) is 0.985. The third-order valence-electron chi connectivity index (χ3n) is 3.15. The molecule has 1 saturated carbocycles. The number of Topliss-reactive ketones (excluding diaryl/α,β-unsaturated/α-hetero) is 3. The Morgan fingerprint density at radius 3 is 2.50 bits per heavy atom. The van der Waals surface area contributed by atoms with Gasteiger partial charge in [-0.3, -0.25) is 14.4 Å². The van der Waals surface area contributed by atoms with Gasteiger partial charge in [0.05, 0.1) is 0 Å². The molecule has 0 bridgehead atoms. The zero-order chi connectivity index (χ0) is 13.1. The van der Waals surface area contributed by atoms with E-state index < -0.39 is 5.92 Å². The van der Waals surface area contributed by atoms with Gasteiger partial charge in [0, 0.05) is 19.3 Å².